The van der Waals surface area contributed by atoms with Gasteiger partial charge in [-0.3, -0.25) is 0 Å². The van der Waals surface area contributed by atoms with E-state index in [-0.39, 0.29) is 5.75 Å². The SMILES string of the molecule is COc1cccc(Oc2cccc(C(F)(F)F)c2)c1I. The maximum atomic E-state index is 12.6. The summed E-state index contributed by atoms with van der Waals surface area (Å²) in [5.41, 5.74) is -0.743. The second-order valence-corrected chi connectivity index (χ2v) is 4.98. The Morgan fingerprint density at radius 3 is 2.30 bits per heavy atom. The van der Waals surface area contributed by atoms with Crippen LogP contribution in [0.5, 0.6) is 17.2 Å². The maximum Gasteiger partial charge on any atom is 0.416 e. The van der Waals surface area contributed by atoms with E-state index < -0.39 is 11.7 Å². The van der Waals surface area contributed by atoms with Gasteiger partial charge in [0.15, 0.2) is 0 Å². The molecule has 0 saturated carbocycles. The molecule has 0 saturated heterocycles. The Hall–Kier alpha value is -1.44. The molecular formula is C14H10F3IO2. The van der Waals surface area contributed by atoms with E-state index in [1.54, 1.807) is 18.2 Å². The summed E-state index contributed by atoms with van der Waals surface area (Å²) in [6.45, 7) is 0. The Morgan fingerprint density at radius 1 is 1.00 bits per heavy atom. The molecule has 2 rings (SSSR count). The first-order valence-corrected chi connectivity index (χ1v) is 6.67. The van der Waals surface area contributed by atoms with E-state index in [1.165, 1.54) is 19.2 Å². The second kappa shape index (κ2) is 5.90. The molecule has 0 fully saturated rings. The zero-order valence-electron chi connectivity index (χ0n) is 10.4. The molecule has 0 aliphatic carbocycles. The van der Waals surface area contributed by atoms with E-state index in [9.17, 15) is 13.2 Å². The van der Waals surface area contributed by atoms with E-state index in [1.807, 2.05) is 22.6 Å². The third-order valence-corrected chi connectivity index (χ3v) is 3.60. The minimum atomic E-state index is -4.39. The summed E-state index contributed by atoms with van der Waals surface area (Å²) < 4.78 is 49.2. The van der Waals surface area contributed by atoms with Crippen LogP contribution < -0.4 is 9.47 Å². The summed E-state index contributed by atoms with van der Waals surface area (Å²) in [5.74, 6) is 1.19. The van der Waals surface area contributed by atoms with Gasteiger partial charge in [-0.15, -0.1) is 0 Å². The number of benzene rings is 2. The molecular weight excluding hydrogens is 384 g/mol. The Labute approximate surface area is 127 Å². The molecule has 0 amide bonds. The molecule has 106 valence electrons. The first-order chi connectivity index (χ1) is 9.41. The summed E-state index contributed by atoms with van der Waals surface area (Å²) in [5, 5.41) is 0. The fraction of sp³-hybridized carbons (Fsp3) is 0.143. The average molecular weight is 394 g/mol. The molecule has 0 atom stereocenters. The third-order valence-electron chi connectivity index (χ3n) is 2.54. The average Bonchev–Trinajstić information content (AvgIpc) is 2.40. The first-order valence-electron chi connectivity index (χ1n) is 5.59. The minimum Gasteiger partial charge on any atom is -0.496 e. The Morgan fingerprint density at radius 2 is 1.65 bits per heavy atom. The van der Waals surface area contributed by atoms with Gasteiger partial charge in [0.1, 0.15) is 17.2 Å². The molecule has 2 aromatic rings. The van der Waals surface area contributed by atoms with Crippen molar-refractivity contribution in [3.05, 3.63) is 51.6 Å². The van der Waals surface area contributed by atoms with Crippen LogP contribution in [0.1, 0.15) is 5.56 Å². The van der Waals surface area contributed by atoms with Crippen LogP contribution in [-0.4, -0.2) is 7.11 Å². The van der Waals surface area contributed by atoms with Crippen molar-refractivity contribution in [1.82, 2.24) is 0 Å². The van der Waals surface area contributed by atoms with Crippen LogP contribution in [0.15, 0.2) is 42.5 Å². The molecule has 6 heteroatoms. The second-order valence-electron chi connectivity index (χ2n) is 3.90. The summed E-state index contributed by atoms with van der Waals surface area (Å²) >= 11 is 2.02. The lowest BCUT2D eigenvalue weighted by atomic mass is 10.2. The largest absolute Gasteiger partial charge is 0.496 e. The molecule has 20 heavy (non-hydrogen) atoms. The fourth-order valence-corrected chi connectivity index (χ4v) is 2.28. The van der Waals surface area contributed by atoms with Gasteiger partial charge in [0, 0.05) is 0 Å². The smallest absolute Gasteiger partial charge is 0.416 e. The molecule has 0 N–H and O–H groups in total. The molecule has 2 aromatic carbocycles. The molecule has 0 unspecified atom stereocenters. The molecule has 0 aliphatic heterocycles. The van der Waals surface area contributed by atoms with Crippen molar-refractivity contribution in [2.75, 3.05) is 7.11 Å². The molecule has 0 spiro atoms. The van der Waals surface area contributed by atoms with Crippen molar-refractivity contribution in [3.8, 4) is 17.2 Å². The normalized spacial score (nSPS) is 11.2. The highest BCUT2D eigenvalue weighted by atomic mass is 127. The molecule has 0 radical (unpaired) electrons. The molecule has 0 bridgehead atoms. The summed E-state index contributed by atoms with van der Waals surface area (Å²) in [6.07, 6.45) is -4.39. The van der Waals surface area contributed by atoms with Crippen molar-refractivity contribution in [3.63, 3.8) is 0 Å². The molecule has 0 heterocycles. The van der Waals surface area contributed by atoms with Crippen LogP contribution in [0.25, 0.3) is 0 Å². The van der Waals surface area contributed by atoms with E-state index in [4.69, 9.17) is 9.47 Å². The topological polar surface area (TPSA) is 18.5 Å². The maximum absolute atomic E-state index is 12.6. The van der Waals surface area contributed by atoms with E-state index in [0.717, 1.165) is 12.1 Å². The number of methoxy groups -OCH3 is 1. The van der Waals surface area contributed by atoms with Gasteiger partial charge in [0.2, 0.25) is 0 Å². The standard InChI is InChI=1S/C14H10F3IO2/c1-19-11-6-3-7-12(13(11)18)20-10-5-2-4-9(8-10)14(15,16)17/h2-8H,1H3. The zero-order chi connectivity index (χ0) is 14.8. The van der Waals surface area contributed by atoms with Crippen molar-refractivity contribution >= 4 is 22.6 Å². The predicted molar refractivity (Wildman–Crippen MR) is 77.2 cm³/mol. The summed E-state index contributed by atoms with van der Waals surface area (Å²) in [6, 6.07) is 9.89. The highest BCUT2D eigenvalue weighted by molar-refractivity contribution is 14.1. The zero-order valence-corrected chi connectivity index (χ0v) is 12.5. The van der Waals surface area contributed by atoms with Crippen molar-refractivity contribution in [1.29, 1.82) is 0 Å². The van der Waals surface area contributed by atoms with Gasteiger partial charge in [-0.1, -0.05) is 12.1 Å². The summed E-state index contributed by atoms with van der Waals surface area (Å²) in [4.78, 5) is 0. The fourth-order valence-electron chi connectivity index (χ4n) is 1.59. The number of rotatable bonds is 3. The highest BCUT2D eigenvalue weighted by Crippen LogP contribution is 2.35. The molecule has 2 nitrogen and oxygen atoms in total. The third kappa shape index (κ3) is 3.36. The van der Waals surface area contributed by atoms with Gasteiger partial charge >= 0.3 is 6.18 Å². The van der Waals surface area contributed by atoms with Gasteiger partial charge in [-0.05, 0) is 52.9 Å². The number of halogens is 4. The van der Waals surface area contributed by atoms with Crippen molar-refractivity contribution < 1.29 is 22.6 Å². The van der Waals surface area contributed by atoms with E-state index in [2.05, 4.69) is 0 Å². The Bertz CT molecular complexity index is 612. The monoisotopic (exact) mass is 394 g/mol. The number of alkyl halides is 3. The van der Waals surface area contributed by atoms with Crippen LogP contribution in [0, 0.1) is 3.57 Å². The lowest BCUT2D eigenvalue weighted by Gasteiger charge is -2.12. The quantitative estimate of drug-likeness (QED) is 0.674. The van der Waals surface area contributed by atoms with Gasteiger partial charge in [0.05, 0.1) is 16.2 Å². The van der Waals surface area contributed by atoms with Crippen molar-refractivity contribution in [2.24, 2.45) is 0 Å². The lowest BCUT2D eigenvalue weighted by molar-refractivity contribution is -0.137. The van der Waals surface area contributed by atoms with Gasteiger partial charge in [0.25, 0.3) is 0 Å². The molecule has 0 aromatic heterocycles. The number of hydrogen-bond acceptors (Lipinski definition) is 2. The van der Waals surface area contributed by atoms with Gasteiger partial charge < -0.3 is 9.47 Å². The Kier molecular flexibility index (Phi) is 4.42. The van der Waals surface area contributed by atoms with Crippen LogP contribution >= 0.6 is 22.6 Å². The van der Waals surface area contributed by atoms with Crippen LogP contribution in [-0.2, 0) is 6.18 Å². The van der Waals surface area contributed by atoms with Gasteiger partial charge in [-0.2, -0.15) is 13.2 Å². The van der Waals surface area contributed by atoms with E-state index >= 15 is 0 Å². The predicted octanol–water partition coefficient (Wildman–Crippen LogP) is 5.11. The first kappa shape index (κ1) is 15.0. The number of hydrogen-bond donors (Lipinski definition) is 0. The summed E-state index contributed by atoms with van der Waals surface area (Å²) in [7, 11) is 1.52. The van der Waals surface area contributed by atoms with Crippen LogP contribution in [0.4, 0.5) is 13.2 Å². The minimum absolute atomic E-state index is 0.131. The van der Waals surface area contributed by atoms with Crippen LogP contribution in [0.3, 0.4) is 0 Å². The number of ether oxygens (including phenoxy) is 2. The Balaban J connectivity index is 2.31. The van der Waals surface area contributed by atoms with E-state index in [0.29, 0.717) is 15.1 Å². The van der Waals surface area contributed by atoms with Crippen molar-refractivity contribution in [2.45, 2.75) is 6.18 Å². The highest BCUT2D eigenvalue weighted by Gasteiger charge is 2.30. The van der Waals surface area contributed by atoms with Gasteiger partial charge in [-0.25, -0.2) is 0 Å². The lowest BCUT2D eigenvalue weighted by Crippen LogP contribution is -2.04. The van der Waals surface area contributed by atoms with Crippen LogP contribution in [0.2, 0.25) is 0 Å². The molecule has 0 aliphatic rings.